The number of aliphatic imine (C=N–C) groups is 1. The Labute approximate surface area is 285 Å². The topological polar surface area (TPSA) is 93.8 Å². The number of thiophene rings is 1. The number of rotatable bonds is 11. The normalized spacial score (nSPS) is 23.4. The third kappa shape index (κ3) is 5.23. The second-order valence-electron chi connectivity index (χ2n) is 14.6. The van der Waals surface area contributed by atoms with Gasteiger partial charge in [0.1, 0.15) is 34.3 Å². The van der Waals surface area contributed by atoms with E-state index in [0.29, 0.717) is 24.4 Å². The van der Waals surface area contributed by atoms with E-state index in [2.05, 4.69) is 45.6 Å². The predicted molar refractivity (Wildman–Crippen MR) is 181 cm³/mol. The number of fused-ring (bicyclic) bond motifs is 3. The lowest BCUT2D eigenvalue weighted by atomic mass is 9.75. The third-order valence-corrected chi connectivity index (χ3v) is 12.4. The summed E-state index contributed by atoms with van der Waals surface area (Å²) in [6.07, 6.45) is 5.81. The summed E-state index contributed by atoms with van der Waals surface area (Å²) in [6.45, 7) is 6.74. The van der Waals surface area contributed by atoms with Crippen molar-refractivity contribution in [3.8, 4) is 23.3 Å². The number of likely N-dealkylation sites (N-methyl/N-ethyl adjacent to an activating group) is 2. The molecule has 4 aliphatic rings. The minimum Gasteiger partial charge on any atom is -0.463 e. The summed E-state index contributed by atoms with van der Waals surface area (Å²) < 4.78 is 66.6. The van der Waals surface area contributed by atoms with Crippen LogP contribution in [0.4, 0.5) is 28.4 Å². The molecule has 1 unspecified atom stereocenters. The van der Waals surface area contributed by atoms with E-state index in [1.165, 1.54) is 6.20 Å². The zero-order valence-corrected chi connectivity index (χ0v) is 28.4. The number of hydrogen-bond acceptors (Lipinski definition) is 10. The molecule has 4 aromatic rings. The Balaban J connectivity index is 1.20. The minimum absolute atomic E-state index is 0.000830. The number of alkyl halides is 1. The number of nitriles is 1. The summed E-state index contributed by atoms with van der Waals surface area (Å²) in [7, 11) is 6.00. The van der Waals surface area contributed by atoms with E-state index in [0.717, 1.165) is 69.1 Å². The summed E-state index contributed by atoms with van der Waals surface area (Å²) in [5.74, 6) is -2.50. The number of hydrogen-bond donors (Lipinski definition) is 0. The molecule has 4 heterocycles. The first-order valence-electron chi connectivity index (χ1n) is 16.5. The van der Waals surface area contributed by atoms with Crippen molar-refractivity contribution in [2.24, 2.45) is 22.2 Å². The van der Waals surface area contributed by atoms with Gasteiger partial charge in [0.15, 0.2) is 17.5 Å². The van der Waals surface area contributed by atoms with Crippen LogP contribution in [-0.4, -0.2) is 97.1 Å². The monoisotopic (exact) mass is 692 g/mol. The molecule has 8 rings (SSSR count). The number of likely N-dealkylation sites (tertiary alicyclic amines) is 1. The highest BCUT2D eigenvalue weighted by Gasteiger charge is 2.58. The number of aromatic nitrogens is 3. The van der Waals surface area contributed by atoms with E-state index in [4.69, 9.17) is 9.72 Å². The highest BCUT2D eigenvalue weighted by molar-refractivity contribution is 7.23. The van der Waals surface area contributed by atoms with Crippen LogP contribution in [0, 0.1) is 46.0 Å². The van der Waals surface area contributed by atoms with Gasteiger partial charge in [-0.1, -0.05) is 0 Å². The molecule has 0 N–H and O–H groups in total. The van der Waals surface area contributed by atoms with E-state index in [-0.39, 0.29) is 66.2 Å². The van der Waals surface area contributed by atoms with Crippen LogP contribution < -0.4 is 9.64 Å². The highest BCUT2D eigenvalue weighted by atomic mass is 32.1. The summed E-state index contributed by atoms with van der Waals surface area (Å²) in [5, 5.41) is 10.4. The van der Waals surface area contributed by atoms with Crippen molar-refractivity contribution in [1.29, 1.82) is 5.26 Å². The summed E-state index contributed by atoms with van der Waals surface area (Å²) in [6, 6.07) is 2.84. The average Bonchev–Trinajstić information content (AvgIpc) is 3.82. The third-order valence-electron chi connectivity index (χ3n) is 11.3. The maximum Gasteiger partial charge on any atom is 0.319 e. The smallest absolute Gasteiger partial charge is 0.319 e. The molecule has 1 saturated heterocycles. The molecule has 1 aromatic carbocycles. The minimum atomic E-state index is -1.21. The van der Waals surface area contributed by atoms with Gasteiger partial charge in [0.2, 0.25) is 0 Å². The maximum absolute atomic E-state index is 16.8. The van der Waals surface area contributed by atoms with Crippen LogP contribution in [0.25, 0.3) is 32.2 Å². The highest BCUT2D eigenvalue weighted by Crippen LogP contribution is 2.52. The zero-order chi connectivity index (χ0) is 34.4. The molecular formula is C35H36F4N8OS. The largest absolute Gasteiger partial charge is 0.463 e. The zero-order valence-electron chi connectivity index (χ0n) is 27.6. The molecule has 3 aromatic heterocycles. The fourth-order valence-electron chi connectivity index (χ4n) is 7.90. The van der Waals surface area contributed by atoms with Gasteiger partial charge in [-0.15, -0.1) is 11.3 Å². The van der Waals surface area contributed by atoms with Gasteiger partial charge in [-0.2, -0.15) is 15.2 Å². The first kappa shape index (κ1) is 32.3. The lowest BCUT2D eigenvalue weighted by Crippen LogP contribution is -2.56. The molecule has 0 amide bonds. The molecular weight excluding hydrogens is 656 g/mol. The van der Waals surface area contributed by atoms with Gasteiger partial charge >= 0.3 is 6.01 Å². The van der Waals surface area contributed by atoms with Crippen molar-refractivity contribution in [3.63, 3.8) is 0 Å². The summed E-state index contributed by atoms with van der Waals surface area (Å²) >= 11 is 0.765. The molecule has 0 spiro atoms. The van der Waals surface area contributed by atoms with Gasteiger partial charge in [0.05, 0.1) is 22.3 Å². The molecule has 3 aliphatic carbocycles. The number of anilines is 1. The molecule has 49 heavy (non-hydrogen) atoms. The Morgan fingerprint density at radius 1 is 1.12 bits per heavy atom. The first-order valence-corrected chi connectivity index (χ1v) is 17.4. The van der Waals surface area contributed by atoms with Gasteiger partial charge < -0.3 is 19.4 Å². The number of nitrogens with zero attached hydrogens (tertiary/aromatic N) is 8. The Morgan fingerprint density at radius 2 is 1.86 bits per heavy atom. The van der Waals surface area contributed by atoms with Crippen molar-refractivity contribution in [2.45, 2.75) is 43.8 Å². The SMILES string of the molecule is C=Nc1sc2c(F)c(F)cc(-c3ncc4c(N(C)CC5(N(C)C)CCC5)nc(OCC5(CN6C[C@@H]7C(F)[C@@H]7C6)CC5)nc4c3F)c2c1C#N. The van der Waals surface area contributed by atoms with E-state index < -0.39 is 23.6 Å². The van der Waals surface area contributed by atoms with E-state index in [1.54, 1.807) is 0 Å². The van der Waals surface area contributed by atoms with Gasteiger partial charge in [0, 0.05) is 73.2 Å². The second-order valence-corrected chi connectivity index (χ2v) is 15.6. The average molecular weight is 693 g/mol. The fraction of sp³-hybridized carbons (Fsp3) is 0.514. The number of benzene rings is 1. The van der Waals surface area contributed by atoms with E-state index >= 15 is 4.39 Å². The van der Waals surface area contributed by atoms with Gasteiger partial charge in [-0.3, -0.25) is 9.98 Å². The summed E-state index contributed by atoms with van der Waals surface area (Å²) in [5.41, 5.74) is -0.691. The number of piperidine rings is 1. The lowest BCUT2D eigenvalue weighted by Gasteiger charge is -2.49. The Hall–Kier alpha value is -3.93. The van der Waals surface area contributed by atoms with Crippen LogP contribution in [0.2, 0.25) is 0 Å². The molecule has 0 radical (unpaired) electrons. The van der Waals surface area contributed by atoms with Crippen LogP contribution >= 0.6 is 11.3 Å². The van der Waals surface area contributed by atoms with E-state index in [9.17, 15) is 18.4 Å². The molecule has 14 heteroatoms. The Kier molecular flexibility index (Phi) is 7.62. The molecule has 3 atom stereocenters. The van der Waals surface area contributed by atoms with Crippen molar-refractivity contribution in [2.75, 3.05) is 58.8 Å². The standard InChI is InChI=1S/C35H36F4N8OS/c1-41-32-19(11-40)24-18(10-23(36)26(38)30(24)49-32)28-27(39)29-20(12-42-28)31(46(4)16-35(45(2)3)6-5-7-35)44-33(43-29)48-17-34(8-9-34)15-47-13-21-22(14-47)25(21)37/h10,12,21-22,25H,1,5-9,13-17H2,2-4H3/t21-,22+,25?. The summed E-state index contributed by atoms with van der Waals surface area (Å²) in [4.78, 5) is 24.0. The van der Waals surface area contributed by atoms with Crippen LogP contribution in [0.1, 0.15) is 37.7 Å². The molecule has 0 bridgehead atoms. The maximum atomic E-state index is 16.8. The van der Waals surface area contributed by atoms with Crippen molar-refractivity contribution in [1.82, 2.24) is 24.8 Å². The molecule has 3 saturated carbocycles. The van der Waals surface area contributed by atoms with Crippen LogP contribution in [0.15, 0.2) is 17.3 Å². The Morgan fingerprint density at radius 3 is 2.47 bits per heavy atom. The lowest BCUT2D eigenvalue weighted by molar-refractivity contribution is 0.0682. The second kappa shape index (κ2) is 11.6. The molecule has 9 nitrogen and oxygen atoms in total. The van der Waals surface area contributed by atoms with E-state index in [1.807, 2.05) is 18.0 Å². The molecule has 1 aliphatic heterocycles. The van der Waals surface area contributed by atoms with Crippen molar-refractivity contribution >= 4 is 49.9 Å². The predicted octanol–water partition coefficient (Wildman–Crippen LogP) is 6.51. The van der Waals surface area contributed by atoms with Gasteiger partial charge in [-0.05, 0) is 59.0 Å². The van der Waals surface area contributed by atoms with Crippen LogP contribution in [-0.2, 0) is 0 Å². The fourth-order valence-corrected chi connectivity index (χ4v) is 8.91. The molecule has 256 valence electrons. The van der Waals surface area contributed by atoms with Crippen molar-refractivity contribution in [3.05, 3.63) is 35.3 Å². The number of pyridine rings is 1. The van der Waals surface area contributed by atoms with Gasteiger partial charge in [-0.25, -0.2) is 17.6 Å². The Bertz CT molecular complexity index is 2040. The van der Waals surface area contributed by atoms with Gasteiger partial charge in [0.25, 0.3) is 0 Å². The first-order chi connectivity index (χ1) is 23.5. The van der Waals surface area contributed by atoms with Crippen LogP contribution in [0.5, 0.6) is 6.01 Å². The quantitative estimate of drug-likeness (QED) is 0.130. The van der Waals surface area contributed by atoms with Crippen LogP contribution in [0.3, 0.4) is 0 Å². The molecule has 4 fully saturated rings. The number of halogens is 4. The number of ether oxygens (including phenoxy) is 1. The van der Waals surface area contributed by atoms with Crippen molar-refractivity contribution < 1.29 is 22.3 Å².